The first-order chi connectivity index (χ1) is 6.15. The largest absolute Gasteiger partial charge is 0.396 e. The monoisotopic (exact) mass is 264 g/mol. The third-order valence-electron chi connectivity index (χ3n) is 1.72. The van der Waals surface area contributed by atoms with E-state index < -0.39 is 6.10 Å². The van der Waals surface area contributed by atoms with Crippen LogP contribution in [0.3, 0.4) is 0 Å². The van der Waals surface area contributed by atoms with Crippen LogP contribution in [0.1, 0.15) is 18.1 Å². The maximum Gasteiger partial charge on any atom is 0.0823 e. The maximum absolute atomic E-state index is 9.58. The first-order valence-electron chi connectivity index (χ1n) is 3.89. The van der Waals surface area contributed by atoms with Crippen molar-refractivity contribution < 1.29 is 10.2 Å². The van der Waals surface area contributed by atoms with E-state index >= 15 is 0 Å². The molecule has 1 rings (SSSR count). The molecule has 1 atom stereocenters. The number of aliphatic hydroxyl groups excluding tert-OH is 2. The molecule has 0 saturated carbocycles. The number of halogens is 2. The summed E-state index contributed by atoms with van der Waals surface area (Å²) in [5, 5.41) is 18.8. The molecule has 0 heterocycles. The molecule has 0 bridgehead atoms. The average molecular weight is 266 g/mol. The average Bonchev–Trinajstić information content (AvgIpc) is 2.09. The Hall–Kier alpha value is -0.0900. The van der Waals surface area contributed by atoms with Gasteiger partial charge in [0.1, 0.15) is 0 Å². The Morgan fingerprint density at radius 2 is 2.15 bits per heavy atom. The molecular weight excluding hydrogens is 255 g/mol. The minimum atomic E-state index is -0.668. The number of aliphatic hydroxyl groups is 2. The molecule has 1 aromatic rings. The van der Waals surface area contributed by atoms with Crippen LogP contribution < -0.4 is 0 Å². The van der Waals surface area contributed by atoms with Gasteiger partial charge in [0.05, 0.1) is 6.10 Å². The van der Waals surface area contributed by atoms with Crippen LogP contribution in [0.5, 0.6) is 0 Å². The van der Waals surface area contributed by atoms with Crippen molar-refractivity contribution in [2.45, 2.75) is 12.5 Å². The van der Waals surface area contributed by atoms with E-state index in [4.69, 9.17) is 16.7 Å². The standard InChI is InChI=1S/C9H10BrClO2/c10-8-2-1-6(11)5-7(8)9(13)3-4-12/h1-2,5,9,12-13H,3-4H2/t9-/m1/s1. The summed E-state index contributed by atoms with van der Waals surface area (Å²) in [6.07, 6.45) is -0.350. The van der Waals surface area contributed by atoms with Crippen LogP contribution in [-0.4, -0.2) is 16.8 Å². The van der Waals surface area contributed by atoms with Gasteiger partial charge >= 0.3 is 0 Å². The highest BCUT2D eigenvalue weighted by Crippen LogP contribution is 2.28. The third kappa shape index (κ3) is 2.95. The number of hydrogen-bond donors (Lipinski definition) is 2. The molecule has 0 aliphatic heterocycles. The van der Waals surface area contributed by atoms with Crippen LogP contribution in [0.15, 0.2) is 22.7 Å². The lowest BCUT2D eigenvalue weighted by atomic mass is 10.1. The molecule has 0 aliphatic rings. The van der Waals surface area contributed by atoms with Crippen molar-refractivity contribution in [1.82, 2.24) is 0 Å². The summed E-state index contributed by atoms with van der Waals surface area (Å²) in [5.41, 5.74) is 0.710. The van der Waals surface area contributed by atoms with E-state index in [0.29, 0.717) is 17.0 Å². The molecule has 0 saturated heterocycles. The highest BCUT2D eigenvalue weighted by molar-refractivity contribution is 9.10. The molecule has 0 amide bonds. The Morgan fingerprint density at radius 1 is 1.46 bits per heavy atom. The molecule has 0 fully saturated rings. The van der Waals surface area contributed by atoms with Crippen LogP contribution in [-0.2, 0) is 0 Å². The van der Waals surface area contributed by atoms with E-state index in [2.05, 4.69) is 15.9 Å². The van der Waals surface area contributed by atoms with Crippen LogP contribution >= 0.6 is 27.5 Å². The number of hydrogen-bond acceptors (Lipinski definition) is 2. The van der Waals surface area contributed by atoms with E-state index in [1.807, 2.05) is 0 Å². The Kier molecular flexibility index (Phi) is 4.19. The predicted octanol–water partition coefficient (Wildman–Crippen LogP) is 2.52. The topological polar surface area (TPSA) is 40.5 Å². The molecule has 72 valence electrons. The molecule has 2 nitrogen and oxygen atoms in total. The van der Waals surface area contributed by atoms with Gasteiger partial charge < -0.3 is 10.2 Å². The van der Waals surface area contributed by atoms with Crippen molar-refractivity contribution in [3.8, 4) is 0 Å². The van der Waals surface area contributed by atoms with Crippen molar-refractivity contribution in [3.05, 3.63) is 33.3 Å². The van der Waals surface area contributed by atoms with Gasteiger partial charge in [-0.1, -0.05) is 27.5 Å². The maximum atomic E-state index is 9.58. The summed E-state index contributed by atoms with van der Waals surface area (Å²) < 4.78 is 0.804. The normalized spacial score (nSPS) is 12.9. The number of rotatable bonds is 3. The lowest BCUT2D eigenvalue weighted by Gasteiger charge is -2.11. The molecular formula is C9H10BrClO2. The minimum Gasteiger partial charge on any atom is -0.396 e. The summed E-state index contributed by atoms with van der Waals surface area (Å²) in [5.74, 6) is 0. The van der Waals surface area contributed by atoms with Crippen LogP contribution in [0, 0.1) is 0 Å². The van der Waals surface area contributed by atoms with Crippen molar-refractivity contribution in [2.24, 2.45) is 0 Å². The fraction of sp³-hybridized carbons (Fsp3) is 0.333. The van der Waals surface area contributed by atoms with Crippen LogP contribution in [0.25, 0.3) is 0 Å². The molecule has 0 radical (unpaired) electrons. The van der Waals surface area contributed by atoms with Gasteiger partial charge in [-0.25, -0.2) is 0 Å². The zero-order valence-corrected chi connectivity index (χ0v) is 9.22. The van der Waals surface area contributed by atoms with Gasteiger partial charge in [0.15, 0.2) is 0 Å². The van der Waals surface area contributed by atoms with Gasteiger partial charge in [0.2, 0.25) is 0 Å². The SMILES string of the molecule is OCC[C@@H](O)c1cc(Cl)ccc1Br. The highest BCUT2D eigenvalue weighted by Gasteiger charge is 2.10. The predicted molar refractivity (Wildman–Crippen MR) is 55.8 cm³/mol. The molecule has 4 heteroatoms. The van der Waals surface area contributed by atoms with Crippen molar-refractivity contribution >= 4 is 27.5 Å². The summed E-state index contributed by atoms with van der Waals surface area (Å²) >= 11 is 9.07. The molecule has 0 aromatic heterocycles. The summed E-state index contributed by atoms with van der Waals surface area (Å²) in [7, 11) is 0. The molecule has 1 aromatic carbocycles. The summed E-state index contributed by atoms with van der Waals surface area (Å²) in [6, 6.07) is 5.20. The molecule has 13 heavy (non-hydrogen) atoms. The van der Waals surface area contributed by atoms with E-state index in [1.54, 1.807) is 18.2 Å². The third-order valence-corrected chi connectivity index (χ3v) is 2.68. The second kappa shape index (κ2) is 4.96. The minimum absolute atomic E-state index is 0.0415. The Labute approximate surface area is 90.3 Å². The molecule has 0 unspecified atom stereocenters. The van der Waals surface area contributed by atoms with E-state index in [9.17, 15) is 5.11 Å². The Morgan fingerprint density at radius 3 is 2.77 bits per heavy atom. The lowest BCUT2D eigenvalue weighted by molar-refractivity contribution is 0.134. The first kappa shape index (κ1) is 11.0. The smallest absolute Gasteiger partial charge is 0.0823 e. The summed E-state index contributed by atoms with van der Waals surface area (Å²) in [6.45, 7) is -0.0415. The van der Waals surface area contributed by atoms with Gasteiger partial charge in [-0.15, -0.1) is 0 Å². The zero-order chi connectivity index (χ0) is 9.84. The number of benzene rings is 1. The lowest BCUT2D eigenvalue weighted by Crippen LogP contribution is -2.00. The van der Waals surface area contributed by atoms with Crippen LogP contribution in [0.4, 0.5) is 0 Å². The van der Waals surface area contributed by atoms with E-state index in [1.165, 1.54) is 0 Å². The van der Waals surface area contributed by atoms with E-state index in [0.717, 1.165) is 4.47 Å². The molecule has 2 N–H and O–H groups in total. The first-order valence-corrected chi connectivity index (χ1v) is 5.06. The highest BCUT2D eigenvalue weighted by atomic mass is 79.9. The Bertz CT molecular complexity index is 291. The van der Waals surface area contributed by atoms with Crippen molar-refractivity contribution in [1.29, 1.82) is 0 Å². The summed E-state index contributed by atoms with van der Waals surface area (Å²) in [4.78, 5) is 0. The molecule has 0 aliphatic carbocycles. The zero-order valence-electron chi connectivity index (χ0n) is 6.87. The fourth-order valence-corrected chi connectivity index (χ4v) is 1.74. The Balaban J connectivity index is 2.91. The van der Waals surface area contributed by atoms with Gasteiger partial charge in [0.25, 0.3) is 0 Å². The second-order valence-electron chi connectivity index (χ2n) is 2.69. The van der Waals surface area contributed by atoms with Gasteiger partial charge in [-0.3, -0.25) is 0 Å². The second-order valence-corrected chi connectivity index (χ2v) is 3.98. The molecule has 0 spiro atoms. The van der Waals surface area contributed by atoms with Gasteiger partial charge in [-0.05, 0) is 23.8 Å². The van der Waals surface area contributed by atoms with Crippen molar-refractivity contribution in [3.63, 3.8) is 0 Å². The van der Waals surface area contributed by atoms with Gasteiger partial charge in [0, 0.05) is 22.5 Å². The quantitative estimate of drug-likeness (QED) is 0.882. The van der Waals surface area contributed by atoms with Gasteiger partial charge in [-0.2, -0.15) is 0 Å². The van der Waals surface area contributed by atoms with E-state index in [-0.39, 0.29) is 6.61 Å². The van der Waals surface area contributed by atoms with Crippen molar-refractivity contribution in [2.75, 3.05) is 6.61 Å². The van der Waals surface area contributed by atoms with Crippen LogP contribution in [0.2, 0.25) is 5.02 Å². The fourth-order valence-electron chi connectivity index (χ4n) is 1.05.